The maximum Gasteiger partial charge on any atom is 0.321 e. The van der Waals surface area contributed by atoms with Crippen LogP contribution < -0.4 is 10.1 Å². The number of H-pyrrole nitrogens is 1. The molecule has 2 N–H and O–H groups in total. The summed E-state index contributed by atoms with van der Waals surface area (Å²) in [6.07, 6.45) is 3.81. The van der Waals surface area contributed by atoms with Crippen molar-refractivity contribution in [3.8, 4) is 28.4 Å². The van der Waals surface area contributed by atoms with E-state index in [-0.39, 0.29) is 6.03 Å². The van der Waals surface area contributed by atoms with E-state index < -0.39 is 0 Å². The molecule has 2 amide bonds. The molecule has 0 radical (unpaired) electrons. The van der Waals surface area contributed by atoms with E-state index in [1.54, 1.807) is 6.20 Å². The number of benzene rings is 1. The zero-order chi connectivity index (χ0) is 20.9. The van der Waals surface area contributed by atoms with E-state index >= 15 is 0 Å². The van der Waals surface area contributed by atoms with Crippen molar-refractivity contribution >= 4 is 11.7 Å². The minimum absolute atomic E-state index is 0.0866. The monoisotopic (exact) mass is 407 g/mol. The number of rotatable bonds is 5. The number of likely N-dealkylation sites (tertiary alicyclic amines) is 1. The number of pyridine rings is 1. The first-order valence-corrected chi connectivity index (χ1v) is 10.2. The average Bonchev–Trinajstić information content (AvgIpc) is 3.30. The molecule has 156 valence electrons. The summed E-state index contributed by atoms with van der Waals surface area (Å²) < 4.78 is 5.42. The van der Waals surface area contributed by atoms with E-state index in [0.717, 1.165) is 42.6 Å². The number of nitrogens with one attached hydrogen (secondary N) is 2. The number of carbonyl (C=O) groups is 1. The Morgan fingerprint density at radius 3 is 2.73 bits per heavy atom. The number of tetrazole rings is 1. The van der Waals surface area contributed by atoms with Gasteiger partial charge in [-0.1, -0.05) is 13.0 Å². The Kier molecular flexibility index (Phi) is 5.87. The maximum absolute atomic E-state index is 12.7. The molecule has 4 rings (SSSR count). The van der Waals surface area contributed by atoms with E-state index in [4.69, 9.17) is 4.74 Å². The molecular formula is C21H25N7O2. The van der Waals surface area contributed by atoms with Crippen LogP contribution in [0.15, 0.2) is 36.5 Å². The van der Waals surface area contributed by atoms with Crippen LogP contribution in [0.3, 0.4) is 0 Å². The minimum Gasteiger partial charge on any atom is -0.478 e. The molecule has 0 spiro atoms. The molecule has 0 aliphatic carbocycles. The quantitative estimate of drug-likeness (QED) is 0.669. The predicted molar refractivity (Wildman–Crippen MR) is 113 cm³/mol. The fourth-order valence-electron chi connectivity index (χ4n) is 3.52. The summed E-state index contributed by atoms with van der Waals surface area (Å²) in [4.78, 5) is 18.9. The zero-order valence-corrected chi connectivity index (χ0v) is 17.1. The highest BCUT2D eigenvalue weighted by Gasteiger charge is 2.21. The first-order chi connectivity index (χ1) is 14.6. The number of aromatic nitrogens is 5. The lowest BCUT2D eigenvalue weighted by atomic mass is 9.99. The molecular weight excluding hydrogens is 382 g/mol. The van der Waals surface area contributed by atoms with Gasteiger partial charge in [0.15, 0.2) is 0 Å². The number of hydrogen-bond donors (Lipinski definition) is 2. The first kappa shape index (κ1) is 19.8. The van der Waals surface area contributed by atoms with E-state index in [2.05, 4.69) is 37.8 Å². The van der Waals surface area contributed by atoms with Crippen molar-refractivity contribution in [1.29, 1.82) is 0 Å². The van der Waals surface area contributed by atoms with Crippen LogP contribution in [0, 0.1) is 5.92 Å². The Bertz CT molecular complexity index is 981. The predicted octanol–water partition coefficient (Wildman–Crippen LogP) is 3.59. The highest BCUT2D eigenvalue weighted by molar-refractivity contribution is 5.92. The Labute approximate surface area is 174 Å². The summed E-state index contributed by atoms with van der Waals surface area (Å²) in [7, 11) is 0. The molecule has 9 heteroatoms. The standard InChI is InChI=1S/C21H25N7O2/c1-3-30-19-7-4-15(13-22-19)17-6-5-16(12-18(17)20-24-26-27-25-20)23-21(29)28-10-8-14(2)9-11-28/h4-7,12-14H,3,8-11H2,1-2H3,(H,23,29)(H,24,25,26,27). The molecule has 9 nitrogen and oxygen atoms in total. The van der Waals surface area contributed by atoms with Gasteiger partial charge in [-0.15, -0.1) is 10.2 Å². The van der Waals surface area contributed by atoms with Crippen molar-refractivity contribution in [1.82, 2.24) is 30.5 Å². The third-order valence-corrected chi connectivity index (χ3v) is 5.27. The molecule has 1 aromatic carbocycles. The van der Waals surface area contributed by atoms with Crippen LogP contribution in [0.1, 0.15) is 26.7 Å². The third kappa shape index (κ3) is 4.40. The van der Waals surface area contributed by atoms with Crippen molar-refractivity contribution in [2.24, 2.45) is 5.92 Å². The topological polar surface area (TPSA) is 109 Å². The van der Waals surface area contributed by atoms with Gasteiger partial charge in [-0.05, 0) is 54.7 Å². The summed E-state index contributed by atoms with van der Waals surface area (Å²) in [5.41, 5.74) is 3.21. The van der Waals surface area contributed by atoms with Gasteiger partial charge in [-0.3, -0.25) is 0 Å². The van der Waals surface area contributed by atoms with E-state index in [0.29, 0.717) is 29.9 Å². The largest absolute Gasteiger partial charge is 0.478 e. The highest BCUT2D eigenvalue weighted by atomic mass is 16.5. The molecule has 0 saturated carbocycles. The Balaban J connectivity index is 1.60. The minimum atomic E-state index is -0.0866. The van der Waals surface area contributed by atoms with Crippen LogP contribution in [0.5, 0.6) is 5.88 Å². The molecule has 1 aliphatic heterocycles. The second kappa shape index (κ2) is 8.89. The SMILES string of the molecule is CCOc1ccc(-c2ccc(NC(=O)N3CCC(C)CC3)cc2-c2nn[nH]n2)cn1. The molecule has 3 aromatic rings. The van der Waals surface area contributed by atoms with Gasteiger partial charge >= 0.3 is 6.03 Å². The molecule has 3 heterocycles. The van der Waals surface area contributed by atoms with E-state index in [1.165, 1.54) is 0 Å². The molecule has 1 aliphatic rings. The molecule has 2 aromatic heterocycles. The second-order valence-electron chi connectivity index (χ2n) is 7.41. The van der Waals surface area contributed by atoms with Gasteiger partial charge in [0.05, 0.1) is 6.61 Å². The van der Waals surface area contributed by atoms with Gasteiger partial charge in [0, 0.05) is 42.2 Å². The molecule has 1 fully saturated rings. The van der Waals surface area contributed by atoms with Gasteiger partial charge in [0.1, 0.15) is 0 Å². The Morgan fingerprint density at radius 1 is 1.23 bits per heavy atom. The number of ether oxygens (including phenoxy) is 1. The Morgan fingerprint density at radius 2 is 2.07 bits per heavy atom. The summed E-state index contributed by atoms with van der Waals surface area (Å²) in [5, 5.41) is 17.4. The maximum atomic E-state index is 12.7. The van der Waals surface area contributed by atoms with Gasteiger partial charge in [0.25, 0.3) is 0 Å². The number of nitrogens with zero attached hydrogens (tertiary/aromatic N) is 5. The first-order valence-electron chi connectivity index (χ1n) is 10.2. The lowest BCUT2D eigenvalue weighted by Gasteiger charge is -2.30. The van der Waals surface area contributed by atoms with Crippen LogP contribution in [0.4, 0.5) is 10.5 Å². The number of carbonyl (C=O) groups excluding carboxylic acids is 1. The lowest BCUT2D eigenvalue weighted by Crippen LogP contribution is -2.40. The summed E-state index contributed by atoms with van der Waals surface area (Å²) in [5.74, 6) is 1.68. The van der Waals surface area contributed by atoms with Crippen molar-refractivity contribution in [3.63, 3.8) is 0 Å². The number of anilines is 1. The highest BCUT2D eigenvalue weighted by Crippen LogP contribution is 2.32. The number of urea groups is 1. The van der Waals surface area contributed by atoms with Crippen molar-refractivity contribution < 1.29 is 9.53 Å². The van der Waals surface area contributed by atoms with Crippen LogP contribution in [-0.4, -0.2) is 56.2 Å². The van der Waals surface area contributed by atoms with Crippen LogP contribution in [0.2, 0.25) is 0 Å². The Hall–Kier alpha value is -3.49. The van der Waals surface area contributed by atoms with Crippen LogP contribution >= 0.6 is 0 Å². The molecule has 0 atom stereocenters. The number of piperidine rings is 1. The van der Waals surface area contributed by atoms with Crippen LogP contribution in [-0.2, 0) is 0 Å². The normalized spacial score (nSPS) is 14.5. The van der Waals surface area contributed by atoms with Crippen molar-refractivity contribution in [2.45, 2.75) is 26.7 Å². The smallest absolute Gasteiger partial charge is 0.321 e. The molecule has 0 unspecified atom stereocenters. The summed E-state index contributed by atoms with van der Waals surface area (Å²) in [6, 6.07) is 9.34. The fraction of sp³-hybridized carbons (Fsp3) is 0.381. The van der Waals surface area contributed by atoms with Crippen molar-refractivity contribution in [3.05, 3.63) is 36.5 Å². The van der Waals surface area contributed by atoms with Crippen molar-refractivity contribution in [2.75, 3.05) is 25.0 Å². The number of amides is 2. The van der Waals surface area contributed by atoms with Crippen LogP contribution in [0.25, 0.3) is 22.5 Å². The zero-order valence-electron chi connectivity index (χ0n) is 17.1. The molecule has 30 heavy (non-hydrogen) atoms. The van der Waals surface area contributed by atoms with E-state index in [9.17, 15) is 4.79 Å². The lowest BCUT2D eigenvalue weighted by molar-refractivity contribution is 0.186. The number of aromatic amines is 1. The fourth-order valence-corrected chi connectivity index (χ4v) is 3.52. The van der Waals surface area contributed by atoms with E-state index in [1.807, 2.05) is 42.2 Å². The summed E-state index contributed by atoms with van der Waals surface area (Å²) >= 11 is 0. The average molecular weight is 407 g/mol. The molecule has 0 bridgehead atoms. The summed E-state index contributed by atoms with van der Waals surface area (Å²) in [6.45, 7) is 6.26. The second-order valence-corrected chi connectivity index (χ2v) is 7.41. The van der Waals surface area contributed by atoms with Gasteiger partial charge < -0.3 is 15.0 Å². The van der Waals surface area contributed by atoms with Gasteiger partial charge in [0.2, 0.25) is 11.7 Å². The third-order valence-electron chi connectivity index (χ3n) is 5.27. The molecule has 1 saturated heterocycles. The number of hydrogen-bond acceptors (Lipinski definition) is 6. The van der Waals surface area contributed by atoms with Gasteiger partial charge in [-0.25, -0.2) is 9.78 Å². The van der Waals surface area contributed by atoms with Gasteiger partial charge in [-0.2, -0.15) is 5.21 Å².